The van der Waals surface area contributed by atoms with Crippen molar-refractivity contribution < 1.29 is 26.4 Å². The molecule has 0 bridgehead atoms. The number of carbonyl (C=O) groups is 1. The van der Waals surface area contributed by atoms with Crippen LogP contribution in [-0.4, -0.2) is 26.2 Å². The number of hydrogen-bond donors (Lipinski definition) is 0. The van der Waals surface area contributed by atoms with E-state index in [9.17, 15) is 26.4 Å². The van der Waals surface area contributed by atoms with Gasteiger partial charge >= 0.3 is 6.18 Å². The molecule has 3 nitrogen and oxygen atoms in total. The second kappa shape index (κ2) is 4.72. The van der Waals surface area contributed by atoms with Gasteiger partial charge in [-0.05, 0) is 24.6 Å². The first-order valence-electron chi connectivity index (χ1n) is 4.89. The molecule has 0 saturated heterocycles. The number of rotatable bonds is 3. The standard InChI is InChI=1S/C11H11F3O3S/c1-7-5-8(11(12,13)14)3-4-9(7)10(15)6-18(2,16)17/h3-5H,6H2,1-2H3. The highest BCUT2D eigenvalue weighted by atomic mass is 32.2. The van der Waals surface area contributed by atoms with Crippen LogP contribution in [0.4, 0.5) is 13.2 Å². The average molecular weight is 280 g/mol. The molecule has 0 N–H and O–H groups in total. The Morgan fingerprint density at radius 1 is 1.28 bits per heavy atom. The summed E-state index contributed by atoms with van der Waals surface area (Å²) in [5.41, 5.74) is -0.761. The first-order valence-corrected chi connectivity index (χ1v) is 6.95. The molecule has 18 heavy (non-hydrogen) atoms. The third-order valence-corrected chi connectivity index (χ3v) is 3.03. The zero-order chi connectivity index (χ0) is 14.1. The molecule has 1 aromatic carbocycles. The predicted molar refractivity (Wildman–Crippen MR) is 60.2 cm³/mol. The van der Waals surface area contributed by atoms with Crippen LogP contribution in [0.1, 0.15) is 21.5 Å². The highest BCUT2D eigenvalue weighted by Crippen LogP contribution is 2.30. The van der Waals surface area contributed by atoms with Crippen LogP contribution in [-0.2, 0) is 16.0 Å². The van der Waals surface area contributed by atoms with E-state index in [1.807, 2.05) is 0 Å². The maximum atomic E-state index is 12.4. The third kappa shape index (κ3) is 3.83. The normalized spacial score (nSPS) is 12.5. The van der Waals surface area contributed by atoms with Crippen molar-refractivity contribution in [1.29, 1.82) is 0 Å². The van der Waals surface area contributed by atoms with E-state index in [1.165, 1.54) is 6.92 Å². The number of alkyl halides is 3. The summed E-state index contributed by atoms with van der Waals surface area (Å²) in [6.07, 6.45) is -3.59. The summed E-state index contributed by atoms with van der Waals surface area (Å²) in [6, 6.07) is 2.60. The van der Waals surface area contributed by atoms with Crippen LogP contribution in [0.3, 0.4) is 0 Å². The van der Waals surface area contributed by atoms with Gasteiger partial charge in [-0.15, -0.1) is 0 Å². The molecule has 0 saturated carbocycles. The van der Waals surface area contributed by atoms with Gasteiger partial charge in [0.2, 0.25) is 0 Å². The largest absolute Gasteiger partial charge is 0.416 e. The maximum absolute atomic E-state index is 12.4. The van der Waals surface area contributed by atoms with E-state index in [4.69, 9.17) is 0 Å². The number of benzene rings is 1. The molecule has 0 radical (unpaired) electrons. The number of sulfone groups is 1. The first-order chi connectivity index (χ1) is 8.00. The number of ketones is 1. The zero-order valence-corrected chi connectivity index (χ0v) is 10.5. The molecule has 0 atom stereocenters. The van der Waals surface area contributed by atoms with Gasteiger partial charge in [0.25, 0.3) is 0 Å². The molecule has 0 unspecified atom stereocenters. The van der Waals surface area contributed by atoms with Crippen LogP contribution in [0.5, 0.6) is 0 Å². The van der Waals surface area contributed by atoms with Crippen molar-refractivity contribution in [2.75, 3.05) is 12.0 Å². The Hall–Kier alpha value is -1.37. The molecule has 1 rings (SSSR count). The molecule has 0 aromatic heterocycles. The van der Waals surface area contributed by atoms with E-state index >= 15 is 0 Å². The lowest BCUT2D eigenvalue weighted by Gasteiger charge is -2.10. The number of hydrogen-bond acceptors (Lipinski definition) is 3. The second-order valence-electron chi connectivity index (χ2n) is 4.02. The highest BCUT2D eigenvalue weighted by Gasteiger charge is 2.31. The van der Waals surface area contributed by atoms with E-state index in [0.717, 1.165) is 24.5 Å². The Morgan fingerprint density at radius 2 is 1.83 bits per heavy atom. The predicted octanol–water partition coefficient (Wildman–Crippen LogP) is 2.24. The van der Waals surface area contributed by atoms with Crippen LogP contribution < -0.4 is 0 Å². The first kappa shape index (κ1) is 14.7. The van der Waals surface area contributed by atoms with Crippen LogP contribution in [0, 0.1) is 6.92 Å². The van der Waals surface area contributed by atoms with E-state index < -0.39 is 33.1 Å². The molecular weight excluding hydrogens is 269 g/mol. The smallest absolute Gasteiger partial charge is 0.293 e. The van der Waals surface area contributed by atoms with Gasteiger partial charge in [-0.1, -0.05) is 6.07 Å². The number of halogens is 3. The van der Waals surface area contributed by atoms with Gasteiger partial charge in [-0.2, -0.15) is 13.2 Å². The SMILES string of the molecule is Cc1cc(C(F)(F)F)ccc1C(=O)CS(C)(=O)=O. The molecule has 0 fully saturated rings. The van der Waals surface area contributed by atoms with Crippen LogP contribution >= 0.6 is 0 Å². The summed E-state index contributed by atoms with van der Waals surface area (Å²) in [7, 11) is -3.50. The molecule has 7 heteroatoms. The van der Waals surface area contributed by atoms with Gasteiger partial charge in [-0.3, -0.25) is 4.79 Å². The minimum Gasteiger partial charge on any atom is -0.293 e. The monoisotopic (exact) mass is 280 g/mol. The van der Waals surface area contributed by atoms with E-state index in [-0.39, 0.29) is 11.1 Å². The molecule has 0 heterocycles. The fraction of sp³-hybridized carbons (Fsp3) is 0.364. The third-order valence-electron chi connectivity index (χ3n) is 2.25. The van der Waals surface area contributed by atoms with Crippen molar-refractivity contribution in [3.05, 3.63) is 34.9 Å². The van der Waals surface area contributed by atoms with Crippen LogP contribution in [0.15, 0.2) is 18.2 Å². The maximum Gasteiger partial charge on any atom is 0.416 e. The molecule has 0 spiro atoms. The Bertz CT molecular complexity index is 574. The summed E-state index contributed by atoms with van der Waals surface area (Å²) < 4.78 is 59.1. The lowest BCUT2D eigenvalue weighted by Crippen LogP contribution is -2.16. The van der Waals surface area contributed by atoms with E-state index in [1.54, 1.807) is 0 Å². The number of carbonyl (C=O) groups excluding carboxylic acids is 1. The van der Waals surface area contributed by atoms with Crippen molar-refractivity contribution in [2.45, 2.75) is 13.1 Å². The Morgan fingerprint density at radius 3 is 2.22 bits per heavy atom. The molecule has 0 amide bonds. The molecule has 0 aliphatic heterocycles. The van der Waals surface area contributed by atoms with Gasteiger partial charge < -0.3 is 0 Å². The number of aryl methyl sites for hydroxylation is 1. The Kier molecular flexibility index (Phi) is 3.85. The van der Waals surface area contributed by atoms with Gasteiger partial charge in [0, 0.05) is 11.8 Å². The minimum absolute atomic E-state index is 0.00609. The second-order valence-corrected chi connectivity index (χ2v) is 6.16. The Labute approximate surface area is 103 Å². The summed E-state index contributed by atoms with van der Waals surface area (Å²) in [6.45, 7) is 1.34. The quantitative estimate of drug-likeness (QED) is 0.798. The summed E-state index contributed by atoms with van der Waals surface area (Å²) in [4.78, 5) is 11.6. The molecule has 0 aliphatic rings. The minimum atomic E-state index is -4.48. The highest BCUT2D eigenvalue weighted by molar-refractivity contribution is 7.91. The van der Waals surface area contributed by atoms with Gasteiger partial charge in [0.1, 0.15) is 5.75 Å². The summed E-state index contributed by atoms with van der Waals surface area (Å²) >= 11 is 0. The fourth-order valence-electron chi connectivity index (χ4n) is 1.47. The van der Waals surface area contributed by atoms with Crippen molar-refractivity contribution in [3.8, 4) is 0 Å². The van der Waals surface area contributed by atoms with Crippen molar-refractivity contribution in [2.24, 2.45) is 0 Å². The molecule has 0 aliphatic carbocycles. The van der Waals surface area contributed by atoms with Crippen LogP contribution in [0.2, 0.25) is 0 Å². The van der Waals surface area contributed by atoms with E-state index in [2.05, 4.69) is 0 Å². The van der Waals surface area contributed by atoms with E-state index in [0.29, 0.717) is 0 Å². The topological polar surface area (TPSA) is 51.2 Å². The van der Waals surface area contributed by atoms with Gasteiger partial charge in [-0.25, -0.2) is 8.42 Å². The zero-order valence-electron chi connectivity index (χ0n) is 9.71. The average Bonchev–Trinajstić information content (AvgIpc) is 2.12. The lowest BCUT2D eigenvalue weighted by molar-refractivity contribution is -0.137. The van der Waals surface area contributed by atoms with Crippen molar-refractivity contribution in [1.82, 2.24) is 0 Å². The van der Waals surface area contributed by atoms with Crippen LogP contribution in [0.25, 0.3) is 0 Å². The lowest BCUT2D eigenvalue weighted by atomic mass is 10.0. The van der Waals surface area contributed by atoms with Gasteiger partial charge in [0.05, 0.1) is 5.56 Å². The number of Topliss-reactive ketones (excluding diaryl/α,β-unsaturated/α-hetero) is 1. The van der Waals surface area contributed by atoms with Crippen molar-refractivity contribution in [3.63, 3.8) is 0 Å². The molecular formula is C11H11F3O3S. The summed E-state index contributed by atoms with van der Waals surface area (Å²) in [5, 5.41) is 0. The van der Waals surface area contributed by atoms with Gasteiger partial charge in [0.15, 0.2) is 15.6 Å². The summed E-state index contributed by atoms with van der Waals surface area (Å²) in [5.74, 6) is -1.41. The fourth-order valence-corrected chi connectivity index (χ4v) is 2.10. The molecule has 100 valence electrons. The molecule has 1 aromatic rings. The van der Waals surface area contributed by atoms with Crippen molar-refractivity contribution >= 4 is 15.6 Å². The Balaban J connectivity index is 3.11.